The lowest BCUT2D eigenvalue weighted by atomic mass is 10.1. The fraction of sp³-hybridized carbons (Fsp3) is 0.350. The standard InChI is InChI=1S/C20H25N3O3/c1-24-18-8-7-14(11-19(18)25-2)9-10-22-20(21)23-13-16-12-15-5-3-4-6-17(15)26-16/h3-8,11,16H,9-10,12-13H2,1-2H3,(H3,21,22,23). The minimum atomic E-state index is 0.0543. The second-order valence-electron chi connectivity index (χ2n) is 6.14. The Morgan fingerprint density at radius 1 is 1.19 bits per heavy atom. The SMILES string of the molecule is COc1ccc(CCNC(N)=NCC2Cc3ccccc3O2)cc1OC. The zero-order valence-corrected chi connectivity index (χ0v) is 15.2. The number of nitrogens with one attached hydrogen (secondary N) is 1. The lowest BCUT2D eigenvalue weighted by molar-refractivity contribution is 0.242. The molecule has 1 heterocycles. The molecule has 0 radical (unpaired) electrons. The zero-order valence-electron chi connectivity index (χ0n) is 15.2. The number of benzene rings is 2. The Bertz CT molecular complexity index is 752. The van der Waals surface area contributed by atoms with E-state index in [0.29, 0.717) is 19.0 Å². The Morgan fingerprint density at radius 2 is 2.00 bits per heavy atom. The monoisotopic (exact) mass is 355 g/mol. The second-order valence-corrected chi connectivity index (χ2v) is 6.14. The Kier molecular flexibility index (Phi) is 5.84. The van der Waals surface area contributed by atoms with Crippen LogP contribution in [0.3, 0.4) is 0 Å². The van der Waals surface area contributed by atoms with Crippen molar-refractivity contribution >= 4 is 5.96 Å². The van der Waals surface area contributed by atoms with Crippen LogP contribution in [0, 0.1) is 0 Å². The van der Waals surface area contributed by atoms with E-state index in [1.54, 1.807) is 14.2 Å². The molecular weight excluding hydrogens is 330 g/mol. The normalized spacial score (nSPS) is 15.9. The van der Waals surface area contributed by atoms with Gasteiger partial charge >= 0.3 is 0 Å². The Balaban J connectivity index is 1.44. The summed E-state index contributed by atoms with van der Waals surface area (Å²) < 4.78 is 16.4. The molecule has 0 saturated carbocycles. The van der Waals surface area contributed by atoms with Crippen LogP contribution in [-0.4, -0.2) is 39.4 Å². The van der Waals surface area contributed by atoms with Gasteiger partial charge in [0.1, 0.15) is 11.9 Å². The van der Waals surface area contributed by atoms with Crippen molar-refractivity contribution in [3.63, 3.8) is 0 Å². The molecule has 0 spiro atoms. The summed E-state index contributed by atoms with van der Waals surface area (Å²) in [4.78, 5) is 4.40. The van der Waals surface area contributed by atoms with E-state index >= 15 is 0 Å². The number of nitrogens with two attached hydrogens (primary N) is 1. The number of guanidine groups is 1. The van der Waals surface area contributed by atoms with Crippen LogP contribution in [0.2, 0.25) is 0 Å². The van der Waals surface area contributed by atoms with Gasteiger partial charge in [0.25, 0.3) is 0 Å². The number of aliphatic imine (C=N–C) groups is 1. The Morgan fingerprint density at radius 3 is 2.77 bits per heavy atom. The number of nitrogens with zero attached hydrogens (tertiary/aromatic N) is 1. The van der Waals surface area contributed by atoms with Gasteiger partial charge in [-0.25, -0.2) is 4.99 Å². The van der Waals surface area contributed by atoms with Crippen LogP contribution in [0.5, 0.6) is 17.2 Å². The van der Waals surface area contributed by atoms with Crippen molar-refractivity contribution in [2.75, 3.05) is 27.3 Å². The van der Waals surface area contributed by atoms with Crippen LogP contribution in [0.15, 0.2) is 47.5 Å². The van der Waals surface area contributed by atoms with E-state index in [9.17, 15) is 0 Å². The van der Waals surface area contributed by atoms with Gasteiger partial charge in [-0.2, -0.15) is 0 Å². The third-order valence-corrected chi connectivity index (χ3v) is 4.35. The quantitative estimate of drug-likeness (QED) is 0.588. The Labute approximate surface area is 154 Å². The molecule has 0 amide bonds. The average Bonchev–Trinajstić information content (AvgIpc) is 3.09. The molecule has 0 aromatic heterocycles. The number of hydrogen-bond donors (Lipinski definition) is 2. The molecule has 0 saturated heterocycles. The van der Waals surface area contributed by atoms with Crippen molar-refractivity contribution in [3.05, 3.63) is 53.6 Å². The highest BCUT2D eigenvalue weighted by atomic mass is 16.5. The summed E-state index contributed by atoms with van der Waals surface area (Å²) in [7, 11) is 3.26. The molecule has 3 rings (SSSR count). The first-order valence-corrected chi connectivity index (χ1v) is 8.69. The molecule has 3 N–H and O–H groups in total. The van der Waals surface area contributed by atoms with Crippen molar-refractivity contribution in [1.82, 2.24) is 5.32 Å². The van der Waals surface area contributed by atoms with E-state index in [-0.39, 0.29) is 6.10 Å². The molecule has 6 nitrogen and oxygen atoms in total. The van der Waals surface area contributed by atoms with Crippen LogP contribution in [0.1, 0.15) is 11.1 Å². The number of methoxy groups -OCH3 is 2. The summed E-state index contributed by atoms with van der Waals surface area (Å²) in [6, 6.07) is 14.0. The Hall–Kier alpha value is -2.89. The van der Waals surface area contributed by atoms with E-state index in [1.807, 2.05) is 36.4 Å². The lowest BCUT2D eigenvalue weighted by Crippen LogP contribution is -2.34. The highest BCUT2D eigenvalue weighted by Crippen LogP contribution is 2.28. The van der Waals surface area contributed by atoms with Gasteiger partial charge in [-0.3, -0.25) is 0 Å². The van der Waals surface area contributed by atoms with Gasteiger partial charge in [0, 0.05) is 13.0 Å². The second kappa shape index (κ2) is 8.47. The summed E-state index contributed by atoms with van der Waals surface area (Å²) in [5.41, 5.74) is 8.33. The molecule has 0 aliphatic carbocycles. The van der Waals surface area contributed by atoms with Gasteiger partial charge in [-0.1, -0.05) is 24.3 Å². The number of fused-ring (bicyclic) bond motifs is 1. The van der Waals surface area contributed by atoms with Gasteiger partial charge in [-0.05, 0) is 35.7 Å². The van der Waals surface area contributed by atoms with Crippen LogP contribution >= 0.6 is 0 Å². The highest BCUT2D eigenvalue weighted by Gasteiger charge is 2.21. The molecule has 1 aliphatic rings. The van der Waals surface area contributed by atoms with E-state index in [1.165, 1.54) is 5.56 Å². The summed E-state index contributed by atoms with van der Waals surface area (Å²) in [6.07, 6.45) is 1.74. The van der Waals surface area contributed by atoms with Crippen LogP contribution < -0.4 is 25.3 Å². The predicted octanol–water partition coefficient (Wildman–Crippen LogP) is 2.15. The molecule has 2 aromatic rings. The third-order valence-electron chi connectivity index (χ3n) is 4.35. The third kappa shape index (κ3) is 4.39. The molecule has 0 fully saturated rings. The maximum absolute atomic E-state index is 5.96. The van der Waals surface area contributed by atoms with Gasteiger partial charge < -0.3 is 25.3 Å². The smallest absolute Gasteiger partial charge is 0.188 e. The lowest BCUT2D eigenvalue weighted by Gasteiger charge is -2.11. The number of hydrogen-bond acceptors (Lipinski definition) is 4. The van der Waals surface area contributed by atoms with E-state index < -0.39 is 0 Å². The van der Waals surface area contributed by atoms with E-state index in [0.717, 1.165) is 35.7 Å². The van der Waals surface area contributed by atoms with Crippen molar-refractivity contribution in [2.24, 2.45) is 10.7 Å². The topological polar surface area (TPSA) is 78.1 Å². The average molecular weight is 355 g/mol. The van der Waals surface area contributed by atoms with Crippen molar-refractivity contribution in [2.45, 2.75) is 18.9 Å². The molecule has 138 valence electrons. The van der Waals surface area contributed by atoms with Crippen LogP contribution in [-0.2, 0) is 12.8 Å². The number of ether oxygens (including phenoxy) is 3. The highest BCUT2D eigenvalue weighted by molar-refractivity contribution is 5.77. The summed E-state index contributed by atoms with van der Waals surface area (Å²) in [5.74, 6) is 2.84. The molecule has 26 heavy (non-hydrogen) atoms. The summed E-state index contributed by atoms with van der Waals surface area (Å²) in [6.45, 7) is 1.24. The predicted molar refractivity (Wildman–Crippen MR) is 102 cm³/mol. The van der Waals surface area contributed by atoms with E-state index in [2.05, 4.69) is 16.4 Å². The molecule has 0 bridgehead atoms. The van der Waals surface area contributed by atoms with Crippen LogP contribution in [0.25, 0.3) is 0 Å². The first kappa shape index (κ1) is 17.9. The fourth-order valence-electron chi connectivity index (χ4n) is 2.98. The van der Waals surface area contributed by atoms with E-state index in [4.69, 9.17) is 19.9 Å². The number of para-hydroxylation sites is 1. The van der Waals surface area contributed by atoms with Gasteiger partial charge in [0.05, 0.1) is 20.8 Å². The minimum Gasteiger partial charge on any atom is -0.493 e. The van der Waals surface area contributed by atoms with Crippen molar-refractivity contribution < 1.29 is 14.2 Å². The van der Waals surface area contributed by atoms with Gasteiger partial charge in [0.15, 0.2) is 17.5 Å². The molecular formula is C20H25N3O3. The van der Waals surface area contributed by atoms with Crippen LogP contribution in [0.4, 0.5) is 0 Å². The maximum atomic E-state index is 5.96. The maximum Gasteiger partial charge on any atom is 0.188 e. The first-order valence-electron chi connectivity index (χ1n) is 8.69. The molecule has 6 heteroatoms. The molecule has 2 aromatic carbocycles. The molecule has 1 unspecified atom stereocenters. The summed E-state index contributed by atoms with van der Waals surface area (Å²) >= 11 is 0. The van der Waals surface area contributed by atoms with Crippen molar-refractivity contribution in [1.29, 1.82) is 0 Å². The summed E-state index contributed by atoms with van der Waals surface area (Å²) in [5, 5.41) is 3.14. The first-order chi connectivity index (χ1) is 12.7. The molecule has 1 aliphatic heterocycles. The number of rotatable bonds is 7. The molecule has 1 atom stereocenters. The minimum absolute atomic E-state index is 0.0543. The van der Waals surface area contributed by atoms with Crippen molar-refractivity contribution in [3.8, 4) is 17.2 Å². The van der Waals surface area contributed by atoms with Gasteiger partial charge in [-0.15, -0.1) is 0 Å². The van der Waals surface area contributed by atoms with Gasteiger partial charge in [0.2, 0.25) is 0 Å². The largest absolute Gasteiger partial charge is 0.493 e. The fourth-order valence-corrected chi connectivity index (χ4v) is 2.98. The zero-order chi connectivity index (χ0) is 18.4.